The van der Waals surface area contributed by atoms with Gasteiger partial charge in [0.05, 0.1) is 13.2 Å². The van der Waals surface area contributed by atoms with Gasteiger partial charge in [-0.1, -0.05) is 6.07 Å². The summed E-state index contributed by atoms with van der Waals surface area (Å²) in [5.74, 6) is 1.09. The van der Waals surface area contributed by atoms with E-state index in [4.69, 9.17) is 14.1 Å². The highest BCUT2D eigenvalue weighted by Gasteiger charge is 2.27. The van der Waals surface area contributed by atoms with Crippen molar-refractivity contribution in [2.45, 2.75) is 26.4 Å². The van der Waals surface area contributed by atoms with Gasteiger partial charge in [-0.25, -0.2) is 0 Å². The molecule has 0 atom stereocenters. The van der Waals surface area contributed by atoms with E-state index < -0.39 is 7.12 Å². The monoisotopic (exact) mass is 352 g/mol. The van der Waals surface area contributed by atoms with Crippen LogP contribution in [0.2, 0.25) is 0 Å². The maximum atomic E-state index is 11.0. The van der Waals surface area contributed by atoms with E-state index in [-0.39, 0.29) is 17.5 Å². The highest BCUT2D eigenvalue weighted by atomic mass is 16.5. The van der Waals surface area contributed by atoms with Crippen molar-refractivity contribution in [1.29, 1.82) is 5.26 Å². The van der Waals surface area contributed by atoms with Crippen LogP contribution in [0.15, 0.2) is 30.3 Å². The van der Waals surface area contributed by atoms with Crippen molar-refractivity contribution >= 4 is 18.4 Å². The zero-order valence-corrected chi connectivity index (χ0v) is 14.3. The molecule has 0 bridgehead atoms. The molecule has 1 aliphatic heterocycles. The molecule has 1 aromatic heterocycles. The van der Waals surface area contributed by atoms with Gasteiger partial charge < -0.3 is 23.9 Å². The molecule has 0 saturated heterocycles. The Morgan fingerprint density at radius 2 is 2.27 bits per heavy atom. The molecule has 1 N–H and O–H groups in total. The van der Waals surface area contributed by atoms with Crippen LogP contribution >= 0.6 is 0 Å². The number of hydrogen-bond donors (Lipinski definition) is 1. The summed E-state index contributed by atoms with van der Waals surface area (Å²) in [6, 6.07) is 10.4. The number of pyridine rings is 1. The number of rotatable bonds is 7. The highest BCUT2D eigenvalue weighted by molar-refractivity contribution is 6.61. The number of carbonyl (C=O) groups is 1. The van der Waals surface area contributed by atoms with Crippen molar-refractivity contribution < 1.29 is 23.9 Å². The SMILES string of the molecule is CC(=O)CCCOc1nc(Oc2ccc3c(c2)COB3O)ccc1C#N. The van der Waals surface area contributed by atoms with Gasteiger partial charge in [-0.15, -0.1) is 0 Å². The molecule has 2 aromatic rings. The molecular weight excluding hydrogens is 335 g/mol. The zero-order valence-electron chi connectivity index (χ0n) is 14.3. The van der Waals surface area contributed by atoms with E-state index in [0.717, 1.165) is 11.0 Å². The molecule has 1 aromatic carbocycles. The summed E-state index contributed by atoms with van der Waals surface area (Å²) in [6.45, 7) is 2.13. The fourth-order valence-electron chi connectivity index (χ4n) is 2.56. The second-order valence-corrected chi connectivity index (χ2v) is 5.89. The highest BCUT2D eigenvalue weighted by Crippen LogP contribution is 2.26. The molecule has 0 amide bonds. The fourth-order valence-corrected chi connectivity index (χ4v) is 2.56. The normalized spacial score (nSPS) is 12.4. The number of carbonyl (C=O) groups excluding carboxylic acids is 1. The third-order valence-corrected chi connectivity index (χ3v) is 3.87. The van der Waals surface area contributed by atoms with Crippen molar-refractivity contribution in [2.24, 2.45) is 0 Å². The zero-order chi connectivity index (χ0) is 18.5. The van der Waals surface area contributed by atoms with Crippen LogP contribution in [0.3, 0.4) is 0 Å². The Labute approximate surface area is 151 Å². The Morgan fingerprint density at radius 3 is 3.04 bits per heavy atom. The minimum atomic E-state index is -0.901. The summed E-state index contributed by atoms with van der Waals surface area (Å²) >= 11 is 0. The third kappa shape index (κ3) is 4.20. The molecule has 0 radical (unpaired) electrons. The van der Waals surface area contributed by atoms with Crippen molar-refractivity contribution in [3.05, 3.63) is 41.5 Å². The van der Waals surface area contributed by atoms with Crippen LogP contribution in [0.25, 0.3) is 0 Å². The van der Waals surface area contributed by atoms with E-state index in [1.165, 1.54) is 6.92 Å². The van der Waals surface area contributed by atoms with Crippen LogP contribution < -0.4 is 14.9 Å². The van der Waals surface area contributed by atoms with Gasteiger partial charge in [0.1, 0.15) is 23.2 Å². The first kappa shape index (κ1) is 17.9. The van der Waals surface area contributed by atoms with Crippen molar-refractivity contribution in [3.63, 3.8) is 0 Å². The quantitative estimate of drug-likeness (QED) is 0.598. The van der Waals surface area contributed by atoms with Gasteiger partial charge in [0, 0.05) is 12.5 Å². The molecular formula is C18H17BN2O5. The Hall–Kier alpha value is -2.89. The number of benzene rings is 1. The summed E-state index contributed by atoms with van der Waals surface area (Å²) in [5.41, 5.74) is 1.87. The van der Waals surface area contributed by atoms with Gasteiger partial charge in [-0.2, -0.15) is 10.2 Å². The molecule has 3 rings (SSSR count). The third-order valence-electron chi connectivity index (χ3n) is 3.87. The van der Waals surface area contributed by atoms with E-state index >= 15 is 0 Å². The Bertz CT molecular complexity index is 865. The van der Waals surface area contributed by atoms with E-state index in [2.05, 4.69) is 4.98 Å². The number of nitriles is 1. The minimum absolute atomic E-state index is 0.0878. The number of ketones is 1. The predicted octanol–water partition coefficient (Wildman–Crippen LogP) is 1.71. The molecule has 0 unspecified atom stereocenters. The lowest BCUT2D eigenvalue weighted by atomic mass is 9.80. The van der Waals surface area contributed by atoms with Gasteiger partial charge in [0.15, 0.2) is 0 Å². The maximum Gasteiger partial charge on any atom is 0.491 e. The first-order chi connectivity index (χ1) is 12.6. The van der Waals surface area contributed by atoms with Gasteiger partial charge in [-0.05, 0) is 42.6 Å². The largest absolute Gasteiger partial charge is 0.491 e. The summed E-state index contributed by atoms with van der Waals surface area (Å²) in [4.78, 5) is 15.2. The molecule has 132 valence electrons. The molecule has 0 saturated carbocycles. The molecule has 0 spiro atoms. The van der Waals surface area contributed by atoms with E-state index in [0.29, 0.717) is 37.4 Å². The summed E-state index contributed by atoms with van der Waals surface area (Å²) in [5, 5.41) is 18.8. The molecule has 0 aliphatic carbocycles. The van der Waals surface area contributed by atoms with Crippen LogP contribution in [0.1, 0.15) is 30.9 Å². The van der Waals surface area contributed by atoms with Crippen LogP contribution in [0, 0.1) is 11.3 Å². The molecule has 0 fully saturated rings. The van der Waals surface area contributed by atoms with Crippen LogP contribution in [-0.2, 0) is 16.1 Å². The van der Waals surface area contributed by atoms with Crippen LogP contribution in [-0.4, -0.2) is 29.5 Å². The van der Waals surface area contributed by atoms with Crippen molar-refractivity contribution in [2.75, 3.05) is 6.61 Å². The van der Waals surface area contributed by atoms with Gasteiger partial charge in [0.2, 0.25) is 11.8 Å². The molecule has 1 aliphatic rings. The number of Topliss-reactive ketones (excluding diaryl/α,β-unsaturated/α-hetero) is 1. The van der Waals surface area contributed by atoms with Gasteiger partial charge in [0.25, 0.3) is 0 Å². The Morgan fingerprint density at radius 1 is 1.42 bits per heavy atom. The topological polar surface area (TPSA) is 102 Å². The number of fused-ring (bicyclic) bond motifs is 1. The lowest BCUT2D eigenvalue weighted by Gasteiger charge is -2.10. The minimum Gasteiger partial charge on any atom is -0.477 e. The maximum absolute atomic E-state index is 11.0. The summed E-state index contributed by atoms with van der Waals surface area (Å²) in [7, 11) is -0.901. The van der Waals surface area contributed by atoms with Gasteiger partial charge >= 0.3 is 7.12 Å². The van der Waals surface area contributed by atoms with Gasteiger partial charge in [-0.3, -0.25) is 0 Å². The van der Waals surface area contributed by atoms with Crippen LogP contribution in [0.4, 0.5) is 0 Å². The second-order valence-electron chi connectivity index (χ2n) is 5.89. The first-order valence-corrected chi connectivity index (χ1v) is 8.20. The number of ether oxygens (including phenoxy) is 2. The molecule has 7 nitrogen and oxygen atoms in total. The van der Waals surface area contributed by atoms with Crippen molar-refractivity contribution in [3.8, 4) is 23.6 Å². The smallest absolute Gasteiger partial charge is 0.477 e. The van der Waals surface area contributed by atoms with E-state index in [9.17, 15) is 15.1 Å². The fraction of sp³-hybridized carbons (Fsp3) is 0.278. The second kappa shape index (κ2) is 8.00. The summed E-state index contributed by atoms with van der Waals surface area (Å²) < 4.78 is 16.4. The summed E-state index contributed by atoms with van der Waals surface area (Å²) in [6.07, 6.45) is 0.973. The Kier molecular flexibility index (Phi) is 5.51. The Balaban J connectivity index is 1.71. The number of hydrogen-bond acceptors (Lipinski definition) is 7. The molecule has 2 heterocycles. The number of aromatic nitrogens is 1. The number of nitrogens with zero attached hydrogens (tertiary/aromatic N) is 2. The predicted molar refractivity (Wildman–Crippen MR) is 93.3 cm³/mol. The van der Waals surface area contributed by atoms with Crippen molar-refractivity contribution in [1.82, 2.24) is 4.98 Å². The molecule has 8 heteroatoms. The average molecular weight is 352 g/mol. The first-order valence-electron chi connectivity index (χ1n) is 8.20. The standard InChI is InChI=1S/C18H17BN2O5/c1-12(22)3-2-8-24-18-13(10-20)4-7-17(21-18)26-15-5-6-16-14(9-15)11-25-19(16)23/h4-7,9,23H,2-3,8,11H2,1H3. The average Bonchev–Trinajstić information content (AvgIpc) is 2.99. The lowest BCUT2D eigenvalue weighted by molar-refractivity contribution is -0.117. The molecule has 26 heavy (non-hydrogen) atoms. The van der Waals surface area contributed by atoms with E-state index in [1.807, 2.05) is 6.07 Å². The van der Waals surface area contributed by atoms with Crippen LogP contribution in [0.5, 0.6) is 17.5 Å². The van der Waals surface area contributed by atoms with E-state index in [1.54, 1.807) is 30.3 Å². The lowest BCUT2D eigenvalue weighted by Crippen LogP contribution is -2.27.